The van der Waals surface area contributed by atoms with Crippen molar-refractivity contribution < 1.29 is 14.3 Å². The van der Waals surface area contributed by atoms with Crippen molar-refractivity contribution in [1.82, 2.24) is 5.32 Å². The highest BCUT2D eigenvalue weighted by Gasteiger charge is 2.31. The minimum atomic E-state index is -0.170. The van der Waals surface area contributed by atoms with Crippen LogP contribution in [-0.2, 0) is 13.0 Å². The molecule has 31 heavy (non-hydrogen) atoms. The summed E-state index contributed by atoms with van der Waals surface area (Å²) in [7, 11) is 1.60. The van der Waals surface area contributed by atoms with Crippen molar-refractivity contribution in [3.8, 4) is 5.75 Å². The van der Waals surface area contributed by atoms with Crippen molar-refractivity contribution in [2.45, 2.75) is 25.9 Å². The molecule has 0 bridgehead atoms. The lowest BCUT2D eigenvalue weighted by atomic mass is 10.1. The minimum absolute atomic E-state index is 0.0451. The van der Waals surface area contributed by atoms with Crippen LogP contribution < -0.4 is 15.0 Å². The second kappa shape index (κ2) is 8.82. The fourth-order valence-electron chi connectivity index (χ4n) is 3.83. The summed E-state index contributed by atoms with van der Waals surface area (Å²) in [4.78, 5) is 27.4. The van der Waals surface area contributed by atoms with Crippen molar-refractivity contribution in [1.29, 1.82) is 0 Å². The molecule has 3 aromatic carbocycles. The molecule has 4 rings (SSSR count). The number of amides is 2. The van der Waals surface area contributed by atoms with E-state index >= 15 is 0 Å². The van der Waals surface area contributed by atoms with Gasteiger partial charge in [0.15, 0.2) is 0 Å². The zero-order valence-electron chi connectivity index (χ0n) is 17.4. The van der Waals surface area contributed by atoms with E-state index in [0.29, 0.717) is 28.4 Å². The van der Waals surface area contributed by atoms with E-state index in [2.05, 4.69) is 5.32 Å². The first-order chi connectivity index (χ1) is 15.0. The molecule has 5 nitrogen and oxygen atoms in total. The molecule has 3 aromatic rings. The van der Waals surface area contributed by atoms with Crippen molar-refractivity contribution in [2.75, 3.05) is 12.0 Å². The van der Waals surface area contributed by atoms with Gasteiger partial charge in [-0.3, -0.25) is 9.59 Å². The van der Waals surface area contributed by atoms with Crippen LogP contribution >= 0.6 is 11.6 Å². The molecule has 1 aliphatic rings. The average Bonchev–Trinajstić information content (AvgIpc) is 3.12. The van der Waals surface area contributed by atoms with E-state index in [4.69, 9.17) is 16.3 Å². The number of carbonyl (C=O) groups is 2. The Balaban J connectivity index is 1.51. The number of halogens is 1. The number of ether oxygens (including phenoxy) is 1. The van der Waals surface area contributed by atoms with E-state index in [0.717, 1.165) is 23.2 Å². The Morgan fingerprint density at radius 3 is 2.39 bits per heavy atom. The summed E-state index contributed by atoms with van der Waals surface area (Å²) in [5.74, 6) is 0.498. The Hall–Kier alpha value is -3.31. The number of anilines is 1. The van der Waals surface area contributed by atoms with Crippen LogP contribution in [-0.4, -0.2) is 25.0 Å². The van der Waals surface area contributed by atoms with E-state index < -0.39 is 0 Å². The molecule has 6 heteroatoms. The van der Waals surface area contributed by atoms with Gasteiger partial charge >= 0.3 is 0 Å². The quantitative estimate of drug-likeness (QED) is 0.623. The highest BCUT2D eigenvalue weighted by molar-refractivity contribution is 6.30. The smallest absolute Gasteiger partial charge is 0.258 e. The van der Waals surface area contributed by atoms with Crippen molar-refractivity contribution >= 4 is 29.1 Å². The Morgan fingerprint density at radius 1 is 1.03 bits per heavy atom. The normalized spacial score (nSPS) is 14.8. The van der Waals surface area contributed by atoms with Crippen molar-refractivity contribution in [2.24, 2.45) is 0 Å². The van der Waals surface area contributed by atoms with Gasteiger partial charge in [0.2, 0.25) is 0 Å². The van der Waals surface area contributed by atoms with Gasteiger partial charge in [0.05, 0.1) is 7.11 Å². The molecule has 1 heterocycles. The van der Waals surface area contributed by atoms with Gasteiger partial charge in [-0.25, -0.2) is 0 Å². The zero-order valence-corrected chi connectivity index (χ0v) is 18.1. The van der Waals surface area contributed by atoms with Gasteiger partial charge in [0.25, 0.3) is 11.8 Å². The van der Waals surface area contributed by atoms with Gasteiger partial charge in [0, 0.05) is 34.4 Å². The maximum Gasteiger partial charge on any atom is 0.258 e. The van der Waals surface area contributed by atoms with Crippen LogP contribution in [0.15, 0.2) is 66.7 Å². The summed E-state index contributed by atoms with van der Waals surface area (Å²) >= 11 is 5.88. The van der Waals surface area contributed by atoms with Crippen LogP contribution in [0.25, 0.3) is 0 Å². The molecule has 1 aliphatic heterocycles. The maximum atomic E-state index is 13.2. The van der Waals surface area contributed by atoms with E-state index in [-0.39, 0.29) is 17.9 Å². The summed E-state index contributed by atoms with van der Waals surface area (Å²) in [5.41, 5.74) is 4.12. The predicted octanol–water partition coefficient (Wildman–Crippen LogP) is 4.87. The van der Waals surface area contributed by atoms with E-state index in [1.54, 1.807) is 55.6 Å². The van der Waals surface area contributed by atoms with Gasteiger partial charge in [-0.2, -0.15) is 0 Å². The lowest BCUT2D eigenvalue weighted by Crippen LogP contribution is -2.35. The first-order valence-electron chi connectivity index (χ1n) is 10.1. The lowest BCUT2D eigenvalue weighted by molar-refractivity contribution is 0.0948. The topological polar surface area (TPSA) is 58.6 Å². The second-order valence-corrected chi connectivity index (χ2v) is 8.05. The largest absolute Gasteiger partial charge is 0.497 e. The standard InChI is InChI=1S/C25H23ClN2O3/c1-16-13-20-4-3-17(15-27-24(29)18-5-9-21(26)10-6-18)14-23(20)28(16)25(30)19-7-11-22(31-2)12-8-19/h3-12,14,16H,13,15H2,1-2H3,(H,27,29)/t16-/m0/s1. The number of fused-ring (bicyclic) bond motifs is 1. The molecule has 1 atom stereocenters. The molecule has 0 aliphatic carbocycles. The summed E-state index contributed by atoms with van der Waals surface area (Å²) in [6, 6.07) is 20.0. The molecule has 0 unspecified atom stereocenters. The number of hydrogen-bond acceptors (Lipinski definition) is 3. The third kappa shape index (κ3) is 4.42. The number of hydrogen-bond donors (Lipinski definition) is 1. The van der Waals surface area contributed by atoms with Crippen LogP contribution in [0.4, 0.5) is 5.69 Å². The third-order valence-electron chi connectivity index (χ3n) is 5.48. The lowest BCUT2D eigenvalue weighted by Gasteiger charge is -2.23. The van der Waals surface area contributed by atoms with E-state index in [1.165, 1.54) is 0 Å². The highest BCUT2D eigenvalue weighted by atomic mass is 35.5. The van der Waals surface area contributed by atoms with Crippen molar-refractivity contribution in [3.63, 3.8) is 0 Å². The monoisotopic (exact) mass is 434 g/mol. The van der Waals surface area contributed by atoms with Crippen LogP contribution in [0.5, 0.6) is 5.75 Å². The van der Waals surface area contributed by atoms with Crippen LogP contribution in [0.2, 0.25) is 5.02 Å². The summed E-state index contributed by atoms with van der Waals surface area (Å²) < 4.78 is 5.19. The first-order valence-corrected chi connectivity index (χ1v) is 10.5. The summed E-state index contributed by atoms with van der Waals surface area (Å²) in [6.07, 6.45) is 0.800. The van der Waals surface area contributed by atoms with Crippen LogP contribution in [0.1, 0.15) is 38.8 Å². The summed E-state index contributed by atoms with van der Waals surface area (Å²) in [5, 5.41) is 3.51. The number of nitrogens with zero attached hydrogens (tertiary/aromatic N) is 1. The molecule has 2 amide bonds. The Kier molecular flexibility index (Phi) is 5.96. The fraction of sp³-hybridized carbons (Fsp3) is 0.200. The highest BCUT2D eigenvalue weighted by Crippen LogP contribution is 2.34. The maximum absolute atomic E-state index is 13.2. The number of carbonyl (C=O) groups excluding carboxylic acids is 2. The molecule has 0 spiro atoms. The van der Waals surface area contributed by atoms with E-state index in [1.807, 2.05) is 30.0 Å². The first kappa shape index (κ1) is 20.9. The fourth-order valence-corrected chi connectivity index (χ4v) is 3.96. The molecule has 0 aromatic heterocycles. The van der Waals surface area contributed by atoms with Gasteiger partial charge in [0.1, 0.15) is 5.75 Å². The Morgan fingerprint density at radius 2 is 1.71 bits per heavy atom. The minimum Gasteiger partial charge on any atom is -0.497 e. The third-order valence-corrected chi connectivity index (χ3v) is 5.73. The zero-order chi connectivity index (χ0) is 22.0. The molecule has 1 N–H and O–H groups in total. The van der Waals surface area contributed by atoms with Gasteiger partial charge in [-0.05, 0) is 79.1 Å². The molecule has 0 fully saturated rings. The molecule has 0 radical (unpaired) electrons. The molecular formula is C25H23ClN2O3. The SMILES string of the molecule is COc1ccc(C(=O)N2c3cc(CNC(=O)c4ccc(Cl)cc4)ccc3C[C@@H]2C)cc1. The summed E-state index contributed by atoms with van der Waals surface area (Å²) in [6.45, 7) is 2.41. The van der Waals surface area contributed by atoms with Crippen LogP contribution in [0.3, 0.4) is 0 Å². The molecule has 158 valence electrons. The molecule has 0 saturated carbocycles. The van der Waals surface area contributed by atoms with Crippen molar-refractivity contribution in [3.05, 3.63) is 94.0 Å². The van der Waals surface area contributed by atoms with Gasteiger partial charge in [-0.15, -0.1) is 0 Å². The second-order valence-electron chi connectivity index (χ2n) is 7.61. The van der Waals surface area contributed by atoms with Gasteiger partial charge < -0.3 is 15.0 Å². The predicted molar refractivity (Wildman–Crippen MR) is 122 cm³/mol. The van der Waals surface area contributed by atoms with Gasteiger partial charge in [-0.1, -0.05) is 23.7 Å². The Labute approximate surface area is 186 Å². The molecular weight excluding hydrogens is 412 g/mol. The Bertz CT molecular complexity index is 1110. The van der Waals surface area contributed by atoms with Crippen LogP contribution in [0, 0.1) is 0 Å². The van der Waals surface area contributed by atoms with E-state index in [9.17, 15) is 9.59 Å². The number of benzene rings is 3. The number of rotatable bonds is 5. The number of nitrogens with one attached hydrogen (secondary N) is 1. The molecule has 0 saturated heterocycles. The average molecular weight is 435 g/mol. The number of methoxy groups -OCH3 is 1.